The summed E-state index contributed by atoms with van der Waals surface area (Å²) in [5, 5.41) is 5.77. The molecular formula is C21H21F2N3OS. The number of nitrogens with one attached hydrogen (secondary N) is 1. The van der Waals surface area contributed by atoms with E-state index in [1.165, 1.54) is 17.4 Å². The van der Waals surface area contributed by atoms with Crippen molar-refractivity contribution >= 4 is 22.9 Å². The molecule has 3 N–H and O–H groups in total. The summed E-state index contributed by atoms with van der Waals surface area (Å²) in [6.07, 6.45) is 1.33. The molecule has 1 heterocycles. The van der Waals surface area contributed by atoms with Crippen LogP contribution in [0, 0.1) is 11.6 Å². The van der Waals surface area contributed by atoms with E-state index in [0.29, 0.717) is 17.7 Å². The number of hydrogen-bond acceptors (Lipinski definition) is 4. The van der Waals surface area contributed by atoms with Crippen LogP contribution in [0.1, 0.15) is 34.8 Å². The number of thiazole rings is 1. The molecule has 0 spiro atoms. The summed E-state index contributed by atoms with van der Waals surface area (Å²) in [5.74, 6) is -2.17. The maximum absolute atomic E-state index is 13.4. The van der Waals surface area contributed by atoms with E-state index < -0.39 is 11.6 Å². The van der Waals surface area contributed by atoms with Gasteiger partial charge in [-0.2, -0.15) is 0 Å². The van der Waals surface area contributed by atoms with Gasteiger partial charge in [0.1, 0.15) is 5.01 Å². The standard InChI is InChI=1S/C21H21F2N3OS/c1-2-16-12-28-21(25-16)19(10-13-3-6-15(24)7-4-13)26-20(27)11-14-5-8-17(22)18(23)9-14/h3-9,12,19H,2,10-11,24H2,1H3,(H,26,27)/t19-/m0/s1. The minimum Gasteiger partial charge on any atom is -0.399 e. The Kier molecular flexibility index (Phi) is 6.36. The van der Waals surface area contributed by atoms with E-state index in [0.717, 1.165) is 34.8 Å². The van der Waals surface area contributed by atoms with Crippen molar-refractivity contribution in [2.75, 3.05) is 5.73 Å². The molecule has 28 heavy (non-hydrogen) atoms. The zero-order valence-electron chi connectivity index (χ0n) is 15.4. The normalized spacial score (nSPS) is 12.0. The number of nitrogen functional groups attached to an aromatic ring is 1. The fourth-order valence-corrected chi connectivity index (χ4v) is 3.77. The predicted molar refractivity (Wildman–Crippen MR) is 107 cm³/mol. The molecule has 1 amide bonds. The van der Waals surface area contributed by atoms with Crippen LogP contribution in [-0.4, -0.2) is 10.9 Å². The van der Waals surface area contributed by atoms with Crippen LogP contribution in [0.15, 0.2) is 47.8 Å². The Balaban J connectivity index is 1.76. The Morgan fingerprint density at radius 3 is 2.50 bits per heavy atom. The summed E-state index contributed by atoms with van der Waals surface area (Å²) < 4.78 is 26.5. The summed E-state index contributed by atoms with van der Waals surface area (Å²) in [5.41, 5.74) is 8.81. The second-order valence-electron chi connectivity index (χ2n) is 6.52. The fraction of sp³-hybridized carbons (Fsp3) is 0.238. The molecule has 0 radical (unpaired) electrons. The van der Waals surface area contributed by atoms with Crippen molar-refractivity contribution in [1.29, 1.82) is 0 Å². The first-order chi connectivity index (χ1) is 13.4. The maximum atomic E-state index is 13.4. The maximum Gasteiger partial charge on any atom is 0.224 e. The molecule has 0 saturated carbocycles. The molecular weight excluding hydrogens is 380 g/mol. The van der Waals surface area contributed by atoms with Crippen molar-refractivity contribution in [3.8, 4) is 0 Å². The molecule has 7 heteroatoms. The largest absolute Gasteiger partial charge is 0.399 e. The van der Waals surface area contributed by atoms with Crippen LogP contribution in [0.2, 0.25) is 0 Å². The van der Waals surface area contributed by atoms with Crippen molar-refractivity contribution in [1.82, 2.24) is 10.3 Å². The molecule has 0 aliphatic carbocycles. The van der Waals surface area contributed by atoms with Gasteiger partial charge in [-0.1, -0.05) is 25.1 Å². The van der Waals surface area contributed by atoms with Gasteiger partial charge in [-0.05, 0) is 48.2 Å². The van der Waals surface area contributed by atoms with Gasteiger partial charge < -0.3 is 11.1 Å². The Morgan fingerprint density at radius 1 is 1.14 bits per heavy atom. The molecule has 4 nitrogen and oxygen atoms in total. The highest BCUT2D eigenvalue weighted by Crippen LogP contribution is 2.23. The van der Waals surface area contributed by atoms with Crippen LogP contribution >= 0.6 is 11.3 Å². The van der Waals surface area contributed by atoms with Gasteiger partial charge in [0.15, 0.2) is 11.6 Å². The monoisotopic (exact) mass is 401 g/mol. The third-order valence-electron chi connectivity index (χ3n) is 4.33. The Labute approximate surface area is 166 Å². The Hall–Kier alpha value is -2.80. The lowest BCUT2D eigenvalue weighted by Gasteiger charge is -2.17. The minimum absolute atomic E-state index is 0.0402. The molecule has 146 valence electrons. The van der Waals surface area contributed by atoms with Crippen molar-refractivity contribution in [3.63, 3.8) is 0 Å². The summed E-state index contributed by atoms with van der Waals surface area (Å²) in [7, 11) is 0. The number of carbonyl (C=O) groups excluding carboxylic acids is 1. The number of aromatic nitrogens is 1. The second kappa shape index (κ2) is 8.93. The predicted octanol–water partition coefficient (Wildman–Crippen LogP) is 4.21. The van der Waals surface area contributed by atoms with E-state index in [4.69, 9.17) is 5.73 Å². The van der Waals surface area contributed by atoms with E-state index >= 15 is 0 Å². The van der Waals surface area contributed by atoms with Crippen molar-refractivity contribution in [3.05, 3.63) is 81.3 Å². The topological polar surface area (TPSA) is 68.0 Å². The van der Waals surface area contributed by atoms with Gasteiger partial charge in [-0.15, -0.1) is 11.3 Å². The SMILES string of the molecule is CCc1csc([C@H](Cc2ccc(N)cc2)NC(=O)Cc2ccc(F)c(F)c2)n1. The zero-order valence-corrected chi connectivity index (χ0v) is 16.2. The lowest BCUT2D eigenvalue weighted by molar-refractivity contribution is -0.121. The van der Waals surface area contributed by atoms with E-state index in [9.17, 15) is 13.6 Å². The van der Waals surface area contributed by atoms with Gasteiger partial charge in [0.25, 0.3) is 0 Å². The van der Waals surface area contributed by atoms with Crippen LogP contribution in [0.3, 0.4) is 0 Å². The van der Waals surface area contributed by atoms with E-state index in [2.05, 4.69) is 10.3 Å². The fourth-order valence-electron chi connectivity index (χ4n) is 2.81. The van der Waals surface area contributed by atoms with E-state index in [1.54, 1.807) is 0 Å². The highest BCUT2D eigenvalue weighted by molar-refractivity contribution is 7.09. The number of benzene rings is 2. The third-order valence-corrected chi connectivity index (χ3v) is 5.34. The molecule has 2 aromatic carbocycles. The highest BCUT2D eigenvalue weighted by Gasteiger charge is 2.19. The molecule has 0 fully saturated rings. The van der Waals surface area contributed by atoms with Crippen LogP contribution in [0.5, 0.6) is 0 Å². The number of carbonyl (C=O) groups is 1. The van der Waals surface area contributed by atoms with Gasteiger partial charge in [0.05, 0.1) is 18.2 Å². The number of aryl methyl sites for hydroxylation is 1. The number of halogens is 2. The quantitative estimate of drug-likeness (QED) is 0.583. The van der Waals surface area contributed by atoms with Crippen molar-refractivity contribution < 1.29 is 13.6 Å². The van der Waals surface area contributed by atoms with Crippen LogP contribution in [0.4, 0.5) is 14.5 Å². The molecule has 0 unspecified atom stereocenters. The second-order valence-corrected chi connectivity index (χ2v) is 7.41. The van der Waals surface area contributed by atoms with E-state index in [-0.39, 0.29) is 18.4 Å². The number of rotatable bonds is 7. The van der Waals surface area contributed by atoms with Crippen molar-refractivity contribution in [2.45, 2.75) is 32.2 Å². The number of nitrogens with zero attached hydrogens (tertiary/aromatic N) is 1. The summed E-state index contributed by atoms with van der Waals surface area (Å²) in [4.78, 5) is 17.1. The third kappa shape index (κ3) is 5.13. The lowest BCUT2D eigenvalue weighted by Crippen LogP contribution is -2.31. The van der Waals surface area contributed by atoms with Gasteiger partial charge in [0, 0.05) is 11.1 Å². The zero-order chi connectivity index (χ0) is 20.1. The first-order valence-electron chi connectivity index (χ1n) is 8.96. The van der Waals surface area contributed by atoms with Gasteiger partial charge >= 0.3 is 0 Å². The number of nitrogens with two attached hydrogens (primary N) is 1. The summed E-state index contributed by atoms with van der Waals surface area (Å²) in [6, 6.07) is 10.6. The van der Waals surface area contributed by atoms with Crippen molar-refractivity contribution in [2.24, 2.45) is 0 Å². The van der Waals surface area contributed by atoms with Crippen LogP contribution < -0.4 is 11.1 Å². The number of hydrogen-bond donors (Lipinski definition) is 2. The number of anilines is 1. The molecule has 0 bridgehead atoms. The van der Waals surface area contributed by atoms with E-state index in [1.807, 2.05) is 36.6 Å². The molecule has 0 saturated heterocycles. The lowest BCUT2D eigenvalue weighted by atomic mass is 10.0. The molecule has 3 aromatic rings. The van der Waals surface area contributed by atoms with Crippen LogP contribution in [0.25, 0.3) is 0 Å². The summed E-state index contributed by atoms with van der Waals surface area (Å²) >= 11 is 1.50. The first kappa shape index (κ1) is 19.9. The average molecular weight is 401 g/mol. The first-order valence-corrected chi connectivity index (χ1v) is 9.84. The average Bonchev–Trinajstić information content (AvgIpc) is 3.15. The minimum atomic E-state index is -0.962. The van der Waals surface area contributed by atoms with Crippen LogP contribution in [-0.2, 0) is 24.1 Å². The molecule has 1 aromatic heterocycles. The van der Waals surface area contributed by atoms with Gasteiger partial charge in [-0.3, -0.25) is 4.79 Å². The highest BCUT2D eigenvalue weighted by atomic mass is 32.1. The Bertz CT molecular complexity index is 957. The van der Waals surface area contributed by atoms with Gasteiger partial charge in [0.2, 0.25) is 5.91 Å². The molecule has 3 rings (SSSR count). The van der Waals surface area contributed by atoms with Gasteiger partial charge in [-0.25, -0.2) is 13.8 Å². The molecule has 0 aliphatic rings. The summed E-state index contributed by atoms with van der Waals surface area (Å²) in [6.45, 7) is 2.02. The number of amides is 1. The molecule has 0 aliphatic heterocycles. The Morgan fingerprint density at radius 2 is 1.86 bits per heavy atom. The smallest absolute Gasteiger partial charge is 0.224 e. The molecule has 1 atom stereocenters.